The molecule has 0 amide bonds. The Hall–Kier alpha value is -1.94. The van der Waals surface area contributed by atoms with E-state index in [4.69, 9.17) is 37.0 Å². The fourth-order valence-corrected chi connectivity index (χ4v) is 14.3. The van der Waals surface area contributed by atoms with E-state index >= 15 is 0 Å². The summed E-state index contributed by atoms with van der Waals surface area (Å²) in [5.41, 5.74) is 0. The number of rotatable bonds is 81. The second-order valence-corrected chi connectivity index (χ2v) is 33.4. The van der Waals surface area contributed by atoms with Crippen LogP contribution < -0.4 is 0 Å². The van der Waals surface area contributed by atoms with Crippen LogP contribution in [0, 0.1) is 11.8 Å². The van der Waals surface area contributed by atoms with Crippen LogP contribution in [0.25, 0.3) is 0 Å². The van der Waals surface area contributed by atoms with Crippen molar-refractivity contribution in [3.8, 4) is 0 Å². The van der Waals surface area contributed by atoms with E-state index in [9.17, 15) is 43.2 Å². The Morgan fingerprint density at radius 3 is 0.673 bits per heavy atom. The molecule has 0 spiro atoms. The minimum absolute atomic E-state index is 0.106. The van der Waals surface area contributed by atoms with Gasteiger partial charge < -0.3 is 33.8 Å². The second-order valence-electron chi connectivity index (χ2n) is 30.5. The highest BCUT2D eigenvalue weighted by Gasteiger charge is 2.30. The Morgan fingerprint density at radius 1 is 0.267 bits per heavy atom. The quantitative estimate of drug-likeness (QED) is 0.0222. The van der Waals surface area contributed by atoms with E-state index in [0.29, 0.717) is 25.7 Å². The first-order valence-electron chi connectivity index (χ1n) is 42.5. The predicted molar refractivity (Wildman–Crippen MR) is 414 cm³/mol. The molecule has 0 aliphatic carbocycles. The zero-order valence-corrected chi connectivity index (χ0v) is 68.0. The zero-order chi connectivity index (χ0) is 74.2. The molecular formula is C82H160O17P2. The number of phosphoric ester groups is 2. The molecule has 0 aliphatic rings. The third-order valence-electron chi connectivity index (χ3n) is 19.2. The number of hydrogen-bond donors (Lipinski definition) is 3. The van der Waals surface area contributed by atoms with Crippen molar-refractivity contribution in [1.82, 2.24) is 0 Å². The van der Waals surface area contributed by atoms with Crippen LogP contribution in [0.15, 0.2) is 0 Å². The van der Waals surface area contributed by atoms with Gasteiger partial charge in [-0.05, 0) is 37.5 Å². The van der Waals surface area contributed by atoms with Crippen molar-refractivity contribution in [2.24, 2.45) is 11.8 Å². The summed E-state index contributed by atoms with van der Waals surface area (Å²) in [4.78, 5) is 73.0. The van der Waals surface area contributed by atoms with Crippen LogP contribution >= 0.6 is 15.6 Å². The van der Waals surface area contributed by atoms with E-state index in [0.717, 1.165) is 102 Å². The molecule has 0 aliphatic heterocycles. The fraction of sp³-hybridized carbons (Fsp3) is 0.951. The maximum Gasteiger partial charge on any atom is 0.472 e. The highest BCUT2D eigenvalue weighted by Crippen LogP contribution is 2.45. The van der Waals surface area contributed by atoms with Gasteiger partial charge in [0, 0.05) is 25.7 Å². The van der Waals surface area contributed by atoms with Crippen molar-refractivity contribution in [2.45, 2.75) is 452 Å². The first-order valence-corrected chi connectivity index (χ1v) is 45.5. The van der Waals surface area contributed by atoms with Crippen LogP contribution in [-0.4, -0.2) is 96.7 Å². The molecule has 0 aromatic carbocycles. The van der Waals surface area contributed by atoms with Crippen LogP contribution in [0.4, 0.5) is 0 Å². The molecule has 0 saturated heterocycles. The second kappa shape index (κ2) is 73.6. The Kier molecular flexibility index (Phi) is 72.2. The first-order chi connectivity index (χ1) is 48.9. The average molecular weight is 1480 g/mol. The van der Waals surface area contributed by atoms with Gasteiger partial charge in [-0.3, -0.25) is 37.3 Å². The number of aliphatic hydroxyl groups is 1. The van der Waals surface area contributed by atoms with Crippen LogP contribution in [0.5, 0.6) is 0 Å². The lowest BCUT2D eigenvalue weighted by Gasteiger charge is -2.21. The van der Waals surface area contributed by atoms with Gasteiger partial charge in [-0.1, -0.05) is 382 Å². The van der Waals surface area contributed by atoms with Crippen molar-refractivity contribution >= 4 is 39.5 Å². The van der Waals surface area contributed by atoms with Crippen LogP contribution in [0.1, 0.15) is 433 Å². The molecule has 17 nitrogen and oxygen atoms in total. The molecule has 0 aromatic heterocycles. The number of carbonyl (C=O) groups excluding carboxylic acids is 4. The van der Waals surface area contributed by atoms with E-state index in [1.165, 1.54) is 250 Å². The standard InChI is InChI=1S/C82H160O17P2/c1-7-9-11-13-15-17-19-21-22-23-24-25-26-27-28-29-30-34-42-48-54-60-66-81(86)98-77(70-93-80(85)65-59-53-47-41-35-31-32-38-44-50-56-62-74(3)4)72-96-100(88,89)94-68-76(83)69-95-101(90,91)97-73-78(71-92-79(84)64-58-52-46-40-33-20-18-16-14-12-10-8-2)99-82(87)67-61-55-49-43-37-36-39-45-51-57-63-75(5)6/h74-78,83H,7-73H2,1-6H3,(H,88,89)(H,90,91)/t76-,77-,78-/m1/s1. The van der Waals surface area contributed by atoms with E-state index in [-0.39, 0.29) is 25.7 Å². The summed E-state index contributed by atoms with van der Waals surface area (Å²) < 4.78 is 68.7. The van der Waals surface area contributed by atoms with Gasteiger partial charge in [-0.15, -0.1) is 0 Å². The molecule has 0 radical (unpaired) electrons. The average Bonchev–Trinajstić information content (AvgIpc) is 0.949. The zero-order valence-electron chi connectivity index (χ0n) is 66.2. The van der Waals surface area contributed by atoms with Crippen molar-refractivity contribution in [3.05, 3.63) is 0 Å². The van der Waals surface area contributed by atoms with Crippen LogP contribution in [0.2, 0.25) is 0 Å². The summed E-state index contributed by atoms with van der Waals surface area (Å²) in [6, 6.07) is 0. The number of phosphoric acid groups is 2. The fourth-order valence-electron chi connectivity index (χ4n) is 12.7. The molecule has 0 heterocycles. The summed E-state index contributed by atoms with van der Waals surface area (Å²) in [5, 5.41) is 10.6. The molecule has 600 valence electrons. The van der Waals surface area contributed by atoms with Gasteiger partial charge in [0.1, 0.15) is 19.3 Å². The van der Waals surface area contributed by atoms with Crippen molar-refractivity contribution in [1.29, 1.82) is 0 Å². The maximum atomic E-state index is 13.1. The van der Waals surface area contributed by atoms with E-state index in [1.807, 2.05) is 0 Å². The normalized spacial score (nSPS) is 13.9. The van der Waals surface area contributed by atoms with E-state index < -0.39 is 97.5 Å². The number of esters is 4. The summed E-state index contributed by atoms with van der Waals surface area (Å²) in [5.74, 6) is -0.585. The predicted octanol–water partition coefficient (Wildman–Crippen LogP) is 24.7. The lowest BCUT2D eigenvalue weighted by Crippen LogP contribution is -2.30. The first kappa shape index (κ1) is 99.1. The topological polar surface area (TPSA) is 237 Å². The van der Waals surface area contributed by atoms with Gasteiger partial charge in [-0.25, -0.2) is 9.13 Å². The maximum absolute atomic E-state index is 13.1. The van der Waals surface area contributed by atoms with Crippen LogP contribution in [-0.2, 0) is 65.4 Å². The van der Waals surface area contributed by atoms with E-state index in [1.54, 1.807) is 0 Å². The third-order valence-corrected chi connectivity index (χ3v) is 21.1. The summed E-state index contributed by atoms with van der Waals surface area (Å²) >= 11 is 0. The Morgan fingerprint density at radius 2 is 0.455 bits per heavy atom. The molecule has 2 unspecified atom stereocenters. The molecule has 5 atom stereocenters. The van der Waals surface area contributed by atoms with Crippen molar-refractivity contribution in [2.75, 3.05) is 39.6 Å². The molecule has 0 aromatic rings. The van der Waals surface area contributed by atoms with Gasteiger partial charge in [0.05, 0.1) is 26.4 Å². The van der Waals surface area contributed by atoms with Crippen molar-refractivity contribution < 1.29 is 80.2 Å². The molecule has 0 bridgehead atoms. The highest BCUT2D eigenvalue weighted by atomic mass is 31.2. The highest BCUT2D eigenvalue weighted by molar-refractivity contribution is 7.47. The lowest BCUT2D eigenvalue weighted by molar-refractivity contribution is -0.161. The third kappa shape index (κ3) is 76.1. The number of aliphatic hydroxyl groups excluding tert-OH is 1. The summed E-state index contributed by atoms with van der Waals surface area (Å²) in [6.07, 6.45) is 63.9. The SMILES string of the molecule is CCCCCCCCCCCCCCCCCCCCCCCCC(=O)O[C@H](COC(=O)CCCCCCCCCCCCCC(C)C)COP(=O)(O)OC[C@@H](O)COP(=O)(O)OC[C@@H](COC(=O)CCCCCCCCCCCCCC)OC(=O)CCCCCCCCCCCCC(C)C. The number of hydrogen-bond acceptors (Lipinski definition) is 15. The smallest absolute Gasteiger partial charge is 0.462 e. The molecule has 0 saturated carbocycles. The molecule has 0 rings (SSSR count). The largest absolute Gasteiger partial charge is 0.472 e. The monoisotopic (exact) mass is 1480 g/mol. The van der Waals surface area contributed by atoms with E-state index in [2.05, 4.69) is 41.5 Å². The molecular weight excluding hydrogens is 1320 g/mol. The molecule has 19 heteroatoms. The Labute approximate surface area is 619 Å². The number of ether oxygens (including phenoxy) is 4. The number of unbranched alkanes of at least 4 members (excludes halogenated alkanes) is 51. The molecule has 3 N–H and O–H groups in total. The van der Waals surface area contributed by atoms with Gasteiger partial charge in [-0.2, -0.15) is 0 Å². The minimum atomic E-state index is -4.96. The van der Waals surface area contributed by atoms with Gasteiger partial charge in [0.15, 0.2) is 12.2 Å². The van der Waals surface area contributed by atoms with Gasteiger partial charge >= 0.3 is 39.5 Å². The Bertz CT molecular complexity index is 1940. The summed E-state index contributed by atoms with van der Waals surface area (Å²) in [6.45, 7) is 9.63. The van der Waals surface area contributed by atoms with Gasteiger partial charge in [0.2, 0.25) is 0 Å². The Balaban J connectivity index is 5.22. The van der Waals surface area contributed by atoms with Crippen molar-refractivity contribution in [3.63, 3.8) is 0 Å². The molecule has 0 fully saturated rings. The lowest BCUT2D eigenvalue weighted by atomic mass is 10.0. The summed E-state index contributed by atoms with van der Waals surface area (Å²) in [7, 11) is -9.92. The number of carbonyl (C=O) groups is 4. The van der Waals surface area contributed by atoms with Crippen LogP contribution in [0.3, 0.4) is 0 Å². The van der Waals surface area contributed by atoms with Gasteiger partial charge in [0.25, 0.3) is 0 Å². The minimum Gasteiger partial charge on any atom is -0.462 e. The molecule has 101 heavy (non-hydrogen) atoms.